The van der Waals surface area contributed by atoms with E-state index in [4.69, 9.17) is 5.14 Å². The highest BCUT2D eigenvalue weighted by atomic mass is 79.9. The number of alkyl halides is 3. The Kier molecular flexibility index (Phi) is 3.37. The summed E-state index contributed by atoms with van der Waals surface area (Å²) in [5.41, 5.74) is -0.893. The standard InChI is InChI=1S/C8H7BrF3NO2S/c1-4-2-5(8(10,11)12)3-6(7(4)9)16(13,14)15/h2-3H,1H3,(H2,13,14,15). The number of nitrogens with two attached hydrogens (primary N) is 1. The van der Waals surface area contributed by atoms with Gasteiger partial charge in [0.25, 0.3) is 0 Å². The Morgan fingerprint density at radius 2 is 1.81 bits per heavy atom. The van der Waals surface area contributed by atoms with Crippen LogP contribution in [0.1, 0.15) is 11.1 Å². The first-order chi connectivity index (χ1) is 7.03. The highest BCUT2D eigenvalue weighted by Gasteiger charge is 2.32. The van der Waals surface area contributed by atoms with E-state index in [1.165, 1.54) is 6.92 Å². The maximum Gasteiger partial charge on any atom is 0.416 e. The van der Waals surface area contributed by atoms with Crippen molar-refractivity contribution in [3.63, 3.8) is 0 Å². The monoisotopic (exact) mass is 317 g/mol. The second-order valence-corrected chi connectivity index (χ2v) is 5.47. The second-order valence-electron chi connectivity index (χ2n) is 3.15. The van der Waals surface area contributed by atoms with E-state index in [0.29, 0.717) is 6.07 Å². The summed E-state index contributed by atoms with van der Waals surface area (Å²) in [5, 5.41) is 4.81. The zero-order chi connectivity index (χ0) is 12.7. The van der Waals surface area contributed by atoms with Crippen LogP contribution in [-0.4, -0.2) is 8.42 Å². The van der Waals surface area contributed by atoms with E-state index in [0.717, 1.165) is 6.07 Å². The van der Waals surface area contributed by atoms with Crippen molar-refractivity contribution < 1.29 is 21.6 Å². The largest absolute Gasteiger partial charge is 0.416 e. The second kappa shape index (κ2) is 4.01. The average molecular weight is 318 g/mol. The molecule has 0 fully saturated rings. The third-order valence-corrected chi connectivity index (χ3v) is 4.11. The van der Waals surface area contributed by atoms with Crippen LogP contribution in [0.15, 0.2) is 21.5 Å². The summed E-state index contributed by atoms with van der Waals surface area (Å²) >= 11 is 2.89. The fourth-order valence-corrected chi connectivity index (χ4v) is 2.72. The molecule has 0 atom stereocenters. The summed E-state index contributed by atoms with van der Waals surface area (Å²) in [4.78, 5) is -0.570. The van der Waals surface area contributed by atoms with Gasteiger partial charge in [0.05, 0.1) is 10.5 Å². The molecule has 0 aliphatic rings. The zero-order valence-corrected chi connectivity index (χ0v) is 10.4. The number of hydrogen-bond acceptors (Lipinski definition) is 2. The zero-order valence-electron chi connectivity index (χ0n) is 7.97. The summed E-state index contributed by atoms with van der Waals surface area (Å²) in [6.45, 7) is 1.36. The van der Waals surface area contributed by atoms with Crippen molar-refractivity contribution in [3.05, 3.63) is 27.7 Å². The lowest BCUT2D eigenvalue weighted by Gasteiger charge is -2.11. The van der Waals surface area contributed by atoms with E-state index in [-0.39, 0.29) is 10.0 Å². The van der Waals surface area contributed by atoms with Crippen molar-refractivity contribution in [2.24, 2.45) is 5.14 Å². The van der Waals surface area contributed by atoms with Crippen LogP contribution in [0.4, 0.5) is 13.2 Å². The smallest absolute Gasteiger partial charge is 0.225 e. The lowest BCUT2D eigenvalue weighted by molar-refractivity contribution is -0.137. The topological polar surface area (TPSA) is 60.2 Å². The highest BCUT2D eigenvalue weighted by molar-refractivity contribution is 9.10. The fourth-order valence-electron chi connectivity index (χ4n) is 1.11. The first-order valence-corrected chi connectivity index (χ1v) is 6.27. The summed E-state index contributed by atoms with van der Waals surface area (Å²) in [6.07, 6.45) is -4.61. The number of benzene rings is 1. The van der Waals surface area contributed by atoms with E-state index in [1.54, 1.807) is 0 Å². The number of sulfonamides is 1. The summed E-state index contributed by atoms with van der Waals surface area (Å²) in [5.74, 6) is 0. The first-order valence-electron chi connectivity index (χ1n) is 3.93. The molecule has 0 spiro atoms. The molecule has 8 heteroatoms. The minimum Gasteiger partial charge on any atom is -0.225 e. The Labute approximate surface area is 98.6 Å². The predicted molar refractivity (Wildman–Crippen MR) is 55.3 cm³/mol. The van der Waals surface area contributed by atoms with Crippen LogP contribution in [0.5, 0.6) is 0 Å². The summed E-state index contributed by atoms with van der Waals surface area (Å²) < 4.78 is 59.4. The van der Waals surface area contributed by atoms with Crippen molar-refractivity contribution >= 4 is 26.0 Å². The third-order valence-electron chi connectivity index (χ3n) is 1.86. The van der Waals surface area contributed by atoms with Crippen LogP contribution < -0.4 is 5.14 Å². The van der Waals surface area contributed by atoms with E-state index < -0.39 is 26.7 Å². The maximum atomic E-state index is 12.4. The Morgan fingerprint density at radius 3 is 2.19 bits per heavy atom. The summed E-state index contributed by atoms with van der Waals surface area (Å²) in [7, 11) is -4.19. The van der Waals surface area contributed by atoms with Crippen molar-refractivity contribution in [1.82, 2.24) is 0 Å². The van der Waals surface area contributed by atoms with E-state index >= 15 is 0 Å². The number of hydrogen-bond donors (Lipinski definition) is 1. The van der Waals surface area contributed by atoms with Gasteiger partial charge >= 0.3 is 6.18 Å². The van der Waals surface area contributed by atoms with Gasteiger partial charge in [-0.05, 0) is 40.5 Å². The molecular weight excluding hydrogens is 311 g/mol. The molecule has 0 aliphatic carbocycles. The third kappa shape index (κ3) is 2.74. The van der Waals surface area contributed by atoms with Crippen LogP contribution in [0.2, 0.25) is 0 Å². The lowest BCUT2D eigenvalue weighted by atomic mass is 10.1. The molecule has 0 unspecified atom stereocenters. The minimum atomic E-state index is -4.61. The van der Waals surface area contributed by atoms with Gasteiger partial charge in [-0.1, -0.05) is 0 Å². The predicted octanol–water partition coefficient (Wildman–Crippen LogP) is 2.42. The van der Waals surface area contributed by atoms with Crippen molar-refractivity contribution in [2.45, 2.75) is 18.0 Å². The summed E-state index contributed by atoms with van der Waals surface area (Å²) in [6, 6.07) is 1.35. The molecule has 2 N–H and O–H groups in total. The van der Waals surface area contributed by atoms with Crippen molar-refractivity contribution in [3.8, 4) is 0 Å². The van der Waals surface area contributed by atoms with Crippen molar-refractivity contribution in [2.75, 3.05) is 0 Å². The molecule has 0 aromatic heterocycles. The average Bonchev–Trinajstić information content (AvgIpc) is 2.05. The molecule has 0 saturated carbocycles. The quantitative estimate of drug-likeness (QED) is 0.864. The molecule has 0 aliphatic heterocycles. The van der Waals surface area contributed by atoms with Crippen LogP contribution in [0.25, 0.3) is 0 Å². The van der Waals surface area contributed by atoms with Crippen LogP contribution in [0, 0.1) is 6.92 Å². The van der Waals surface area contributed by atoms with Gasteiger partial charge in [0.2, 0.25) is 10.0 Å². The van der Waals surface area contributed by atoms with E-state index in [9.17, 15) is 21.6 Å². The molecule has 16 heavy (non-hydrogen) atoms. The number of rotatable bonds is 1. The Hall–Kier alpha value is -0.600. The van der Waals surface area contributed by atoms with Crippen molar-refractivity contribution in [1.29, 1.82) is 0 Å². The van der Waals surface area contributed by atoms with Crippen LogP contribution in [-0.2, 0) is 16.2 Å². The highest BCUT2D eigenvalue weighted by Crippen LogP contribution is 2.35. The van der Waals surface area contributed by atoms with Gasteiger partial charge in [-0.2, -0.15) is 13.2 Å². The molecule has 1 rings (SSSR count). The molecule has 0 heterocycles. The van der Waals surface area contributed by atoms with Gasteiger partial charge in [0, 0.05) is 4.47 Å². The van der Waals surface area contributed by atoms with Crippen LogP contribution >= 0.6 is 15.9 Å². The molecular formula is C8H7BrF3NO2S. The Morgan fingerprint density at radius 1 is 1.31 bits per heavy atom. The molecule has 1 aromatic carbocycles. The van der Waals surface area contributed by atoms with Gasteiger partial charge in [0.1, 0.15) is 0 Å². The molecule has 90 valence electrons. The molecule has 0 saturated heterocycles. The van der Waals surface area contributed by atoms with Gasteiger partial charge in [0.15, 0.2) is 0 Å². The van der Waals surface area contributed by atoms with E-state index in [2.05, 4.69) is 15.9 Å². The first kappa shape index (κ1) is 13.5. The fraction of sp³-hybridized carbons (Fsp3) is 0.250. The molecule has 0 radical (unpaired) electrons. The Bertz CT molecular complexity index is 525. The molecule has 1 aromatic rings. The van der Waals surface area contributed by atoms with Gasteiger partial charge in [-0.15, -0.1) is 0 Å². The number of halogens is 4. The van der Waals surface area contributed by atoms with Gasteiger partial charge in [-0.25, -0.2) is 13.6 Å². The van der Waals surface area contributed by atoms with Gasteiger partial charge < -0.3 is 0 Å². The van der Waals surface area contributed by atoms with Gasteiger partial charge in [-0.3, -0.25) is 0 Å². The maximum absolute atomic E-state index is 12.4. The lowest BCUT2D eigenvalue weighted by Crippen LogP contribution is -2.15. The SMILES string of the molecule is Cc1cc(C(F)(F)F)cc(S(N)(=O)=O)c1Br. The molecule has 3 nitrogen and oxygen atoms in total. The normalized spacial score (nSPS) is 12.9. The molecule has 0 bridgehead atoms. The number of primary sulfonamides is 1. The Balaban J connectivity index is 3.59. The van der Waals surface area contributed by atoms with Crippen LogP contribution in [0.3, 0.4) is 0 Å². The minimum absolute atomic E-state index is 0.0444. The molecule has 0 amide bonds. The van der Waals surface area contributed by atoms with E-state index in [1.807, 2.05) is 0 Å². The number of aryl methyl sites for hydroxylation is 1.